The Labute approximate surface area is 691 Å². The lowest BCUT2D eigenvalue weighted by Gasteiger charge is -2.29. The van der Waals surface area contributed by atoms with Crippen LogP contribution in [0.2, 0.25) is 0 Å². The number of amides is 15. The van der Waals surface area contributed by atoms with Crippen LogP contribution in [0.3, 0.4) is 0 Å². The molecule has 1 heterocycles. The first kappa shape index (κ1) is 102. The topological polar surface area (TPSA) is 638 Å². The summed E-state index contributed by atoms with van der Waals surface area (Å²) in [5.41, 5.74) is 18.1. The summed E-state index contributed by atoms with van der Waals surface area (Å²) in [5.74, 6) is -20.9. The molecule has 0 aliphatic heterocycles. The number of benzene rings is 2. The molecule has 15 amide bonds. The fourth-order valence-electron chi connectivity index (χ4n) is 12.8. The number of unbranched alkanes of at least 4 members (excludes halogenated alkanes) is 1. The van der Waals surface area contributed by atoms with Gasteiger partial charge >= 0.3 is 17.9 Å². The van der Waals surface area contributed by atoms with E-state index in [2.05, 4.69) is 74.1 Å². The molecule has 39 heteroatoms. The van der Waals surface area contributed by atoms with Crippen LogP contribution in [0, 0.1) is 29.6 Å². The standard InChI is InChI=1S/C80H123N17O22/c1-40(2)30-55(72(111)87-53(26-28-65(103)104)70(109)88-54(68(83)107)37-63(82)100)90-74(113)57(32-42(5)6)91-73(112)56(31-41(3)4)89-69(108)51(24-18-19-29-81)86-78(117)61(36-48-39-84-50-23-17-16-22-49(48)50)94-75(114)58(33-43(7)8)93-79(118)62(38-66(105)106)95-76(115)59(34-44(9)10)92-77(116)60(35-47-20-14-13-15-21-47)96-80(119)67(45(11)98)97-71(110)52(85-46(12)99)25-27-64(101)102/h13-17,20-23,39-45,51-62,67,84,98H,18-19,24-38,81H2,1-12H3,(H2,82,100)(H2,83,107)(H,85,99)(H,86,117)(H,87,111)(H,88,109)(H,89,108)(H,90,113)(H,91,112)(H,92,116)(H,93,118)(H,94,114)(H,95,115)(H,96,119)(H,97,110)(H,101,102)(H,103,104)(H,105,106)/t45-,51+,52+,53+,54+,55+,56+,57+,58+,59+,60+,61+,62+,67+/m1/s1. The van der Waals surface area contributed by atoms with E-state index >= 15 is 9.59 Å². The van der Waals surface area contributed by atoms with E-state index in [-0.39, 0.29) is 82.1 Å². The first-order chi connectivity index (χ1) is 55.8. The molecule has 0 radical (unpaired) electrons. The van der Waals surface area contributed by atoms with Gasteiger partial charge in [0.1, 0.15) is 78.5 Å². The minimum Gasteiger partial charge on any atom is -0.481 e. The Balaban J connectivity index is 2.06. The number of hydrogen-bond donors (Lipinski definition) is 21. The number of H-pyrrole nitrogens is 1. The van der Waals surface area contributed by atoms with Crippen molar-refractivity contribution in [2.75, 3.05) is 6.54 Å². The van der Waals surface area contributed by atoms with Crippen molar-refractivity contribution in [3.05, 3.63) is 71.9 Å². The van der Waals surface area contributed by atoms with Crippen molar-refractivity contribution in [2.45, 2.75) is 270 Å². The number of nitrogens with one attached hydrogen (secondary N) is 14. The maximum atomic E-state index is 15.2. The Bertz CT molecular complexity index is 3980. The van der Waals surface area contributed by atoms with E-state index in [9.17, 15) is 97.1 Å². The number of carbonyl (C=O) groups excluding carboxylic acids is 15. The SMILES string of the molecule is CC(=O)N[C@@H](CCC(=O)O)C(=O)N[C@H](C(=O)N[C@@H](Cc1ccccc1)C(=O)N[C@@H](CC(C)C)C(=O)N[C@@H](CC(=O)O)C(=O)N[C@@H](CC(C)C)C(=O)N[C@@H](Cc1c[nH]c2ccccc12)C(=O)N[C@@H](CCCCN)C(=O)N[C@@H](CC(C)C)C(=O)N[C@@H](CC(C)C)C(=O)N[C@@H](CC(C)C)C(=O)N[C@@H](CCC(=O)O)C(=O)N[C@@H](CC(N)=O)C(N)=O)[C@@H](C)O. The number of aromatic nitrogens is 1. The van der Waals surface area contributed by atoms with Crippen LogP contribution in [-0.2, 0) is 99.1 Å². The van der Waals surface area contributed by atoms with Gasteiger partial charge in [-0.05, 0) is 124 Å². The van der Waals surface area contributed by atoms with Crippen LogP contribution in [0.15, 0.2) is 60.8 Å². The van der Waals surface area contributed by atoms with Crippen LogP contribution >= 0.6 is 0 Å². The molecule has 14 atom stereocenters. The highest BCUT2D eigenvalue weighted by Gasteiger charge is 2.40. The van der Waals surface area contributed by atoms with E-state index in [1.165, 1.54) is 0 Å². The summed E-state index contributed by atoms with van der Waals surface area (Å²) in [6.07, 6.45) is -4.49. The first-order valence-electron chi connectivity index (χ1n) is 39.9. The molecule has 0 bridgehead atoms. The Morgan fingerprint density at radius 2 is 0.697 bits per heavy atom. The van der Waals surface area contributed by atoms with Gasteiger partial charge in [0.15, 0.2) is 0 Å². The van der Waals surface area contributed by atoms with E-state index in [4.69, 9.17) is 17.2 Å². The van der Waals surface area contributed by atoms with Gasteiger partial charge < -0.3 is 112 Å². The summed E-state index contributed by atoms with van der Waals surface area (Å²) < 4.78 is 0. The van der Waals surface area contributed by atoms with E-state index in [1.807, 2.05) is 0 Å². The van der Waals surface area contributed by atoms with Crippen LogP contribution < -0.4 is 86.3 Å². The molecule has 3 aromatic rings. The highest BCUT2D eigenvalue weighted by atomic mass is 16.4. The van der Waals surface area contributed by atoms with Gasteiger partial charge in [0.2, 0.25) is 88.6 Å². The number of aliphatic hydroxyl groups excluding tert-OH is 1. The molecule has 119 heavy (non-hydrogen) atoms. The van der Waals surface area contributed by atoms with Crippen molar-refractivity contribution in [1.82, 2.24) is 74.1 Å². The maximum absolute atomic E-state index is 15.2. The Kier molecular flexibility index (Phi) is 43.4. The summed E-state index contributed by atoms with van der Waals surface area (Å²) in [5, 5.41) is 73.4. The summed E-state index contributed by atoms with van der Waals surface area (Å²) in [7, 11) is 0. The van der Waals surface area contributed by atoms with Crippen LogP contribution in [-0.4, -0.2) is 223 Å². The molecule has 0 saturated carbocycles. The number of primary amides is 2. The Morgan fingerprint density at radius 1 is 0.361 bits per heavy atom. The number of nitrogens with two attached hydrogens (primary N) is 3. The number of carbonyl (C=O) groups is 18. The van der Waals surface area contributed by atoms with E-state index in [1.54, 1.807) is 130 Å². The lowest BCUT2D eigenvalue weighted by molar-refractivity contribution is -0.142. The third-order valence-electron chi connectivity index (χ3n) is 18.7. The zero-order chi connectivity index (χ0) is 89.7. The first-order valence-corrected chi connectivity index (χ1v) is 39.9. The van der Waals surface area contributed by atoms with Gasteiger partial charge in [0.05, 0.1) is 18.9 Å². The third kappa shape index (κ3) is 37.7. The van der Waals surface area contributed by atoms with Crippen molar-refractivity contribution < 1.29 is 107 Å². The quantitative estimate of drug-likeness (QED) is 0.0288. The van der Waals surface area contributed by atoms with Crippen LogP contribution in [0.4, 0.5) is 0 Å². The van der Waals surface area contributed by atoms with Crippen molar-refractivity contribution >= 4 is 117 Å². The Morgan fingerprint density at radius 3 is 1.08 bits per heavy atom. The zero-order valence-corrected chi connectivity index (χ0v) is 69.6. The van der Waals surface area contributed by atoms with E-state index in [0.29, 0.717) is 28.5 Å². The lowest BCUT2D eigenvalue weighted by atomic mass is 9.98. The summed E-state index contributed by atoms with van der Waals surface area (Å²) in [6, 6.07) is -5.35. The van der Waals surface area contributed by atoms with E-state index in [0.717, 1.165) is 13.8 Å². The van der Waals surface area contributed by atoms with Crippen LogP contribution in [0.25, 0.3) is 10.9 Å². The summed E-state index contributed by atoms with van der Waals surface area (Å²) in [6.45, 7) is 19.6. The van der Waals surface area contributed by atoms with Crippen LogP contribution in [0.5, 0.6) is 0 Å². The Hall–Kier alpha value is -11.6. The molecule has 39 nitrogen and oxygen atoms in total. The minimum atomic E-state index is -1.97. The van der Waals surface area contributed by atoms with Gasteiger partial charge in [-0.1, -0.05) is 118 Å². The largest absolute Gasteiger partial charge is 0.481 e. The fraction of sp³-hybridized carbons (Fsp3) is 0.600. The average Bonchev–Trinajstić information content (AvgIpc) is 1.75. The molecular weight excluding hydrogens is 1550 g/mol. The fourth-order valence-corrected chi connectivity index (χ4v) is 12.8. The van der Waals surface area contributed by atoms with E-state index < -0.39 is 242 Å². The second-order valence-electron chi connectivity index (χ2n) is 31.9. The van der Waals surface area contributed by atoms with Gasteiger partial charge in [-0.3, -0.25) is 86.3 Å². The number of aliphatic carboxylic acids is 3. The van der Waals surface area contributed by atoms with Crippen molar-refractivity contribution in [1.29, 1.82) is 0 Å². The smallest absolute Gasteiger partial charge is 0.305 e. The molecule has 0 spiro atoms. The third-order valence-corrected chi connectivity index (χ3v) is 18.7. The predicted molar refractivity (Wildman–Crippen MR) is 434 cm³/mol. The molecule has 0 fully saturated rings. The minimum absolute atomic E-state index is 0.0338. The second-order valence-corrected chi connectivity index (χ2v) is 31.9. The average molecular weight is 1670 g/mol. The van der Waals surface area contributed by atoms with Gasteiger partial charge in [0.25, 0.3) is 0 Å². The van der Waals surface area contributed by atoms with Crippen molar-refractivity contribution in [3.8, 4) is 0 Å². The summed E-state index contributed by atoms with van der Waals surface area (Å²) >= 11 is 0. The normalized spacial score (nSPS) is 14.9. The highest BCUT2D eigenvalue weighted by Crippen LogP contribution is 2.22. The molecule has 0 unspecified atom stereocenters. The van der Waals surface area contributed by atoms with Gasteiger partial charge in [-0.15, -0.1) is 0 Å². The van der Waals surface area contributed by atoms with Gasteiger partial charge in [-0.25, -0.2) is 0 Å². The number of fused-ring (bicyclic) bond motifs is 1. The number of carboxylic acids is 3. The second kappa shape index (κ2) is 50.9. The molecule has 0 aliphatic rings. The molecule has 2 aromatic carbocycles. The molecular formula is C80H123N17O22. The van der Waals surface area contributed by atoms with Crippen molar-refractivity contribution in [3.63, 3.8) is 0 Å². The molecule has 1 aromatic heterocycles. The molecule has 660 valence electrons. The van der Waals surface area contributed by atoms with Crippen molar-refractivity contribution in [2.24, 2.45) is 46.8 Å². The maximum Gasteiger partial charge on any atom is 0.305 e. The van der Waals surface area contributed by atoms with Gasteiger partial charge in [0, 0.05) is 49.7 Å². The highest BCUT2D eigenvalue weighted by molar-refractivity contribution is 6.01. The molecule has 0 aliphatic carbocycles. The number of aliphatic hydroxyl groups is 1. The van der Waals surface area contributed by atoms with Gasteiger partial charge in [-0.2, -0.15) is 0 Å². The monoisotopic (exact) mass is 1670 g/mol. The number of hydrogen-bond acceptors (Lipinski definition) is 20. The molecule has 24 N–H and O–H groups in total. The number of rotatable bonds is 55. The predicted octanol–water partition coefficient (Wildman–Crippen LogP) is -1.42. The molecule has 0 saturated heterocycles. The number of carboxylic acid groups (broad SMARTS) is 3. The lowest BCUT2D eigenvalue weighted by Crippen LogP contribution is -2.62. The summed E-state index contributed by atoms with van der Waals surface area (Å²) in [4.78, 5) is 248. The number of aromatic amines is 1. The number of para-hydroxylation sites is 1. The molecule has 3 rings (SSSR count). The van der Waals surface area contributed by atoms with Crippen LogP contribution in [0.1, 0.15) is 184 Å². The zero-order valence-electron chi connectivity index (χ0n) is 69.6.